The zero-order valence-electron chi connectivity index (χ0n) is 16.1. The fourth-order valence-corrected chi connectivity index (χ4v) is 2.92. The van der Waals surface area contributed by atoms with Gasteiger partial charge >= 0.3 is 5.63 Å². The van der Waals surface area contributed by atoms with E-state index in [1.807, 2.05) is 12.2 Å². The molecule has 0 amide bonds. The lowest BCUT2D eigenvalue weighted by Gasteiger charge is -2.08. The first kappa shape index (κ1) is 20.9. The maximum atomic E-state index is 14.7. The number of rotatable bonds is 12. The fraction of sp³-hybridized carbons (Fsp3) is 0.435. The van der Waals surface area contributed by atoms with Crippen LogP contribution in [0.3, 0.4) is 0 Å². The van der Waals surface area contributed by atoms with Crippen LogP contribution in [0.4, 0.5) is 4.39 Å². The molecule has 4 heteroatoms. The van der Waals surface area contributed by atoms with Crippen LogP contribution < -0.4 is 10.4 Å². The molecule has 2 aromatic rings. The molecule has 0 aliphatic heterocycles. The van der Waals surface area contributed by atoms with E-state index >= 15 is 0 Å². The summed E-state index contributed by atoms with van der Waals surface area (Å²) in [6.45, 7) is 6.18. The first-order valence-corrected chi connectivity index (χ1v) is 9.81. The van der Waals surface area contributed by atoms with Crippen molar-refractivity contribution >= 4 is 10.8 Å². The van der Waals surface area contributed by atoms with Crippen molar-refractivity contribution in [2.75, 3.05) is 6.61 Å². The Hall–Kier alpha value is -2.36. The first-order valence-electron chi connectivity index (χ1n) is 9.81. The molecule has 0 fully saturated rings. The van der Waals surface area contributed by atoms with Crippen molar-refractivity contribution in [1.82, 2.24) is 0 Å². The Morgan fingerprint density at radius 2 is 1.96 bits per heavy atom. The summed E-state index contributed by atoms with van der Waals surface area (Å²) in [5.74, 6) is 0.0562. The summed E-state index contributed by atoms with van der Waals surface area (Å²) in [6, 6.07) is 5.07. The molecule has 0 aliphatic carbocycles. The molecule has 0 radical (unpaired) electrons. The van der Waals surface area contributed by atoms with Gasteiger partial charge in [0.05, 0.1) is 6.61 Å². The first-order chi connectivity index (χ1) is 13.2. The van der Waals surface area contributed by atoms with Gasteiger partial charge in [0, 0.05) is 6.42 Å². The van der Waals surface area contributed by atoms with E-state index in [0.717, 1.165) is 38.5 Å². The van der Waals surface area contributed by atoms with Crippen molar-refractivity contribution in [1.29, 1.82) is 0 Å². The minimum Gasteiger partial charge on any atom is -0.490 e. The Balaban J connectivity index is 2.03. The number of ether oxygens (including phenoxy) is 1. The van der Waals surface area contributed by atoms with Gasteiger partial charge < -0.3 is 9.15 Å². The minimum atomic E-state index is -0.644. The highest BCUT2D eigenvalue weighted by atomic mass is 19.1. The van der Waals surface area contributed by atoms with Gasteiger partial charge in [-0.3, -0.25) is 0 Å². The van der Waals surface area contributed by atoms with Crippen LogP contribution in [0.5, 0.6) is 5.75 Å². The summed E-state index contributed by atoms with van der Waals surface area (Å²) < 4.78 is 25.5. The van der Waals surface area contributed by atoms with Crippen LogP contribution in [0.2, 0.25) is 0 Å². The van der Waals surface area contributed by atoms with Gasteiger partial charge in [0.1, 0.15) is 11.1 Å². The van der Waals surface area contributed by atoms with Gasteiger partial charge in [-0.2, -0.15) is 0 Å². The molecule has 1 heterocycles. The number of allylic oxidation sites excluding steroid dienone is 2. The molecule has 0 bridgehead atoms. The highest BCUT2D eigenvalue weighted by Crippen LogP contribution is 2.25. The zero-order chi connectivity index (χ0) is 19.5. The summed E-state index contributed by atoms with van der Waals surface area (Å²) in [4.78, 5) is 12.3. The Morgan fingerprint density at radius 1 is 1.15 bits per heavy atom. The van der Waals surface area contributed by atoms with Gasteiger partial charge in [0.15, 0.2) is 11.6 Å². The summed E-state index contributed by atoms with van der Waals surface area (Å²) in [5, 5.41) is 0.525. The third-order valence-electron chi connectivity index (χ3n) is 4.41. The summed E-state index contributed by atoms with van der Waals surface area (Å²) in [6.07, 6.45) is 13.6. The van der Waals surface area contributed by atoms with E-state index in [2.05, 4.69) is 19.6 Å². The largest absolute Gasteiger partial charge is 0.490 e. The van der Waals surface area contributed by atoms with Crippen LogP contribution >= 0.6 is 0 Å². The second kappa shape index (κ2) is 11.4. The SMILES string of the molecule is C=CCC/C=C/CCOc1ccc2cc(CCCCCC)oc(=O)c2c1F. The molecular weight excluding hydrogens is 343 g/mol. The molecule has 27 heavy (non-hydrogen) atoms. The van der Waals surface area contributed by atoms with Crippen LogP contribution in [-0.4, -0.2) is 6.61 Å². The highest BCUT2D eigenvalue weighted by Gasteiger charge is 2.14. The summed E-state index contributed by atoms with van der Waals surface area (Å²) >= 11 is 0. The third kappa shape index (κ3) is 6.38. The van der Waals surface area contributed by atoms with Gasteiger partial charge in [-0.25, -0.2) is 9.18 Å². The van der Waals surface area contributed by atoms with Gasteiger partial charge in [-0.15, -0.1) is 6.58 Å². The van der Waals surface area contributed by atoms with Crippen molar-refractivity contribution in [3.8, 4) is 5.75 Å². The molecule has 0 unspecified atom stereocenters. The van der Waals surface area contributed by atoms with Crippen molar-refractivity contribution in [2.24, 2.45) is 0 Å². The molecule has 1 aromatic heterocycles. The molecule has 3 nitrogen and oxygen atoms in total. The lowest BCUT2D eigenvalue weighted by molar-refractivity contribution is 0.309. The monoisotopic (exact) mass is 372 g/mol. The number of unbranched alkanes of at least 4 members (excludes halogenated alkanes) is 4. The van der Waals surface area contributed by atoms with Crippen LogP contribution in [-0.2, 0) is 6.42 Å². The zero-order valence-corrected chi connectivity index (χ0v) is 16.1. The molecule has 0 spiro atoms. The number of fused-ring (bicyclic) bond motifs is 1. The number of hydrogen-bond donors (Lipinski definition) is 0. The van der Waals surface area contributed by atoms with Gasteiger partial charge in [0.25, 0.3) is 0 Å². The standard InChI is InChI=1S/C23H29FO3/c1-3-5-7-9-10-12-16-26-20-15-14-18-17-19(13-11-8-6-4-2)27-23(25)21(18)22(20)24/h3,9-10,14-15,17H,1,4-8,11-13,16H2,2H3/b10-9+. The normalized spacial score (nSPS) is 11.3. The molecule has 0 saturated heterocycles. The Kier molecular flexibility index (Phi) is 8.82. The smallest absolute Gasteiger partial charge is 0.346 e. The predicted molar refractivity (Wildman–Crippen MR) is 109 cm³/mol. The quantitative estimate of drug-likeness (QED) is 0.322. The molecule has 0 N–H and O–H groups in total. The second-order valence-corrected chi connectivity index (χ2v) is 6.63. The van der Waals surface area contributed by atoms with E-state index in [-0.39, 0.29) is 11.1 Å². The van der Waals surface area contributed by atoms with Gasteiger partial charge in [-0.05, 0) is 43.2 Å². The van der Waals surface area contributed by atoms with Crippen molar-refractivity contribution in [3.63, 3.8) is 0 Å². The van der Waals surface area contributed by atoms with E-state index in [1.165, 1.54) is 0 Å². The highest BCUT2D eigenvalue weighted by molar-refractivity contribution is 5.83. The Morgan fingerprint density at radius 3 is 2.74 bits per heavy atom. The average Bonchev–Trinajstić information content (AvgIpc) is 2.66. The Bertz CT molecular complexity index is 820. The van der Waals surface area contributed by atoms with E-state index in [1.54, 1.807) is 18.2 Å². The van der Waals surface area contributed by atoms with Crippen molar-refractivity contribution in [3.05, 3.63) is 65.0 Å². The Labute approximate surface area is 160 Å². The topological polar surface area (TPSA) is 39.4 Å². The summed E-state index contributed by atoms with van der Waals surface area (Å²) in [7, 11) is 0. The summed E-state index contributed by atoms with van der Waals surface area (Å²) in [5.41, 5.74) is -0.634. The predicted octanol–water partition coefficient (Wildman–Crippen LogP) is 6.35. The maximum Gasteiger partial charge on any atom is 0.346 e. The van der Waals surface area contributed by atoms with Crippen LogP contribution in [0.15, 0.2) is 52.2 Å². The molecule has 1 aromatic carbocycles. The fourth-order valence-electron chi connectivity index (χ4n) is 2.92. The number of hydrogen-bond acceptors (Lipinski definition) is 3. The molecule has 0 atom stereocenters. The van der Waals surface area contributed by atoms with Gasteiger partial charge in [-0.1, -0.05) is 50.5 Å². The number of halogens is 1. The van der Waals surface area contributed by atoms with Gasteiger partial charge in [0.2, 0.25) is 0 Å². The van der Waals surface area contributed by atoms with Crippen LogP contribution in [0.1, 0.15) is 57.6 Å². The average molecular weight is 372 g/mol. The van der Waals surface area contributed by atoms with Crippen molar-refractivity contribution in [2.45, 2.75) is 58.3 Å². The maximum absolute atomic E-state index is 14.7. The molecule has 0 saturated carbocycles. The van der Waals surface area contributed by atoms with E-state index in [9.17, 15) is 9.18 Å². The lowest BCUT2D eigenvalue weighted by Crippen LogP contribution is -2.07. The molecular formula is C23H29FO3. The molecule has 146 valence electrons. The van der Waals surface area contributed by atoms with E-state index in [0.29, 0.717) is 30.6 Å². The lowest BCUT2D eigenvalue weighted by atomic mass is 10.1. The third-order valence-corrected chi connectivity index (χ3v) is 4.41. The molecule has 2 rings (SSSR count). The van der Waals surface area contributed by atoms with E-state index in [4.69, 9.17) is 9.15 Å². The number of aryl methyl sites for hydroxylation is 1. The van der Waals surface area contributed by atoms with Crippen molar-refractivity contribution < 1.29 is 13.5 Å². The van der Waals surface area contributed by atoms with E-state index < -0.39 is 11.4 Å². The van der Waals surface area contributed by atoms with Crippen LogP contribution in [0.25, 0.3) is 10.8 Å². The number of benzene rings is 1. The minimum absolute atomic E-state index is 0.0358. The second-order valence-electron chi connectivity index (χ2n) is 6.63. The molecule has 0 aliphatic rings. The van der Waals surface area contributed by atoms with Crippen LogP contribution in [0, 0.1) is 5.82 Å².